The first-order valence-electron chi connectivity index (χ1n) is 6.93. The first-order chi connectivity index (χ1) is 9.25. The van der Waals surface area contributed by atoms with Crippen molar-refractivity contribution in [3.05, 3.63) is 29.8 Å². The van der Waals surface area contributed by atoms with Gasteiger partial charge in [0.1, 0.15) is 12.4 Å². The molecule has 1 aliphatic rings. The molecule has 1 aliphatic heterocycles. The lowest BCUT2D eigenvalue weighted by Gasteiger charge is -2.21. The van der Waals surface area contributed by atoms with E-state index in [4.69, 9.17) is 4.74 Å². The smallest absolute Gasteiger partial charge is 0.224 e. The van der Waals surface area contributed by atoms with Gasteiger partial charge in [0, 0.05) is 6.54 Å². The van der Waals surface area contributed by atoms with Crippen molar-refractivity contribution in [2.24, 2.45) is 5.92 Å². The van der Waals surface area contributed by atoms with Crippen LogP contribution in [0.15, 0.2) is 24.3 Å². The van der Waals surface area contributed by atoms with Gasteiger partial charge >= 0.3 is 0 Å². The van der Waals surface area contributed by atoms with Crippen molar-refractivity contribution in [2.75, 3.05) is 26.2 Å². The maximum atomic E-state index is 11.8. The molecule has 0 spiro atoms. The van der Waals surface area contributed by atoms with Crippen LogP contribution in [0.5, 0.6) is 5.75 Å². The molecule has 1 atom stereocenters. The molecule has 1 aromatic carbocycles. The summed E-state index contributed by atoms with van der Waals surface area (Å²) in [5, 5.41) is 6.18. The Kier molecular flexibility index (Phi) is 5.21. The normalized spacial score (nSPS) is 18.9. The number of rotatable bonds is 5. The summed E-state index contributed by atoms with van der Waals surface area (Å²) in [6.07, 6.45) is 2.07. The number of carbonyl (C=O) groups is 1. The second-order valence-corrected chi connectivity index (χ2v) is 5.00. The molecule has 19 heavy (non-hydrogen) atoms. The Hall–Kier alpha value is -1.55. The Morgan fingerprint density at radius 1 is 1.42 bits per heavy atom. The van der Waals surface area contributed by atoms with Crippen LogP contribution < -0.4 is 15.4 Å². The molecule has 0 radical (unpaired) electrons. The second kappa shape index (κ2) is 7.14. The molecule has 104 valence electrons. The highest BCUT2D eigenvalue weighted by Gasteiger charge is 2.20. The Morgan fingerprint density at radius 3 is 2.89 bits per heavy atom. The van der Waals surface area contributed by atoms with Gasteiger partial charge < -0.3 is 15.4 Å². The van der Waals surface area contributed by atoms with E-state index < -0.39 is 0 Å². The lowest BCUT2D eigenvalue weighted by Crippen LogP contribution is -2.41. The van der Waals surface area contributed by atoms with E-state index in [2.05, 4.69) is 10.6 Å². The number of amides is 1. The van der Waals surface area contributed by atoms with E-state index in [0.29, 0.717) is 13.2 Å². The van der Waals surface area contributed by atoms with E-state index in [0.717, 1.165) is 31.7 Å². The van der Waals surface area contributed by atoms with Crippen LogP contribution in [0.2, 0.25) is 0 Å². The van der Waals surface area contributed by atoms with E-state index in [1.165, 1.54) is 5.56 Å². The van der Waals surface area contributed by atoms with Crippen molar-refractivity contribution in [3.63, 3.8) is 0 Å². The zero-order chi connectivity index (χ0) is 13.5. The van der Waals surface area contributed by atoms with Gasteiger partial charge in [-0.25, -0.2) is 0 Å². The van der Waals surface area contributed by atoms with Crippen molar-refractivity contribution in [2.45, 2.75) is 19.8 Å². The quantitative estimate of drug-likeness (QED) is 0.790. The minimum absolute atomic E-state index is 0.119. The predicted molar refractivity (Wildman–Crippen MR) is 75.3 cm³/mol. The molecule has 0 bridgehead atoms. The molecule has 1 amide bonds. The largest absolute Gasteiger partial charge is 0.492 e. The second-order valence-electron chi connectivity index (χ2n) is 5.00. The molecule has 0 saturated carbocycles. The summed E-state index contributed by atoms with van der Waals surface area (Å²) in [7, 11) is 0. The summed E-state index contributed by atoms with van der Waals surface area (Å²) in [5.41, 5.74) is 1.21. The minimum Gasteiger partial charge on any atom is -0.492 e. The Bertz CT molecular complexity index is 397. The van der Waals surface area contributed by atoms with Crippen LogP contribution in [0.1, 0.15) is 18.4 Å². The summed E-state index contributed by atoms with van der Waals surface area (Å²) in [4.78, 5) is 11.8. The first-order valence-corrected chi connectivity index (χ1v) is 6.93. The topological polar surface area (TPSA) is 50.4 Å². The fraction of sp³-hybridized carbons (Fsp3) is 0.533. The van der Waals surface area contributed by atoms with Crippen molar-refractivity contribution in [1.29, 1.82) is 0 Å². The van der Waals surface area contributed by atoms with E-state index >= 15 is 0 Å². The standard InChI is InChI=1S/C15H22N2O2/c1-12-4-6-14(7-5-12)19-10-9-17-15(18)13-3-2-8-16-11-13/h4-7,13,16H,2-3,8-11H2,1H3,(H,17,18). The van der Waals surface area contributed by atoms with Crippen LogP contribution in [0.4, 0.5) is 0 Å². The summed E-state index contributed by atoms with van der Waals surface area (Å²) in [6, 6.07) is 7.92. The lowest BCUT2D eigenvalue weighted by molar-refractivity contribution is -0.125. The van der Waals surface area contributed by atoms with Gasteiger partial charge in [0.2, 0.25) is 5.91 Å². The third-order valence-corrected chi connectivity index (χ3v) is 3.36. The van der Waals surface area contributed by atoms with Gasteiger partial charge in [0.25, 0.3) is 0 Å². The highest BCUT2D eigenvalue weighted by Crippen LogP contribution is 2.11. The summed E-state index contributed by atoms with van der Waals surface area (Å²) in [6.45, 7) is 4.94. The van der Waals surface area contributed by atoms with E-state index in [1.54, 1.807) is 0 Å². The van der Waals surface area contributed by atoms with Crippen molar-refractivity contribution in [1.82, 2.24) is 10.6 Å². The maximum Gasteiger partial charge on any atom is 0.224 e. The number of hydrogen-bond donors (Lipinski definition) is 2. The van der Waals surface area contributed by atoms with Crippen LogP contribution in [-0.2, 0) is 4.79 Å². The van der Waals surface area contributed by atoms with Crippen LogP contribution in [0.3, 0.4) is 0 Å². The van der Waals surface area contributed by atoms with Gasteiger partial charge in [-0.1, -0.05) is 17.7 Å². The van der Waals surface area contributed by atoms with Crippen LogP contribution in [0, 0.1) is 12.8 Å². The van der Waals surface area contributed by atoms with E-state index in [1.807, 2.05) is 31.2 Å². The summed E-state index contributed by atoms with van der Waals surface area (Å²) < 4.78 is 5.57. The number of aryl methyl sites for hydroxylation is 1. The van der Waals surface area contributed by atoms with E-state index in [9.17, 15) is 4.79 Å². The SMILES string of the molecule is Cc1ccc(OCCNC(=O)C2CCCNC2)cc1. The van der Waals surface area contributed by atoms with Crippen molar-refractivity contribution < 1.29 is 9.53 Å². The molecule has 2 N–H and O–H groups in total. The third kappa shape index (κ3) is 4.56. The van der Waals surface area contributed by atoms with Crippen molar-refractivity contribution in [3.8, 4) is 5.75 Å². The third-order valence-electron chi connectivity index (χ3n) is 3.36. The fourth-order valence-electron chi connectivity index (χ4n) is 2.20. The molecule has 1 aromatic rings. The number of carbonyl (C=O) groups excluding carboxylic acids is 1. The minimum atomic E-state index is 0.119. The first kappa shape index (κ1) is 13.9. The molecule has 1 heterocycles. The van der Waals surface area contributed by atoms with Gasteiger partial charge in [-0.15, -0.1) is 0 Å². The Morgan fingerprint density at radius 2 is 2.21 bits per heavy atom. The Balaban J connectivity index is 1.63. The summed E-state index contributed by atoms with van der Waals surface area (Å²) >= 11 is 0. The molecule has 2 rings (SSSR count). The van der Waals surface area contributed by atoms with Gasteiger partial charge in [0.05, 0.1) is 12.5 Å². The monoisotopic (exact) mass is 262 g/mol. The van der Waals surface area contributed by atoms with Crippen molar-refractivity contribution >= 4 is 5.91 Å². The van der Waals surface area contributed by atoms with Crippen LogP contribution >= 0.6 is 0 Å². The number of nitrogens with one attached hydrogen (secondary N) is 2. The Labute approximate surface area is 114 Å². The van der Waals surface area contributed by atoms with Gasteiger partial charge in [-0.2, -0.15) is 0 Å². The lowest BCUT2D eigenvalue weighted by atomic mass is 9.99. The molecule has 4 nitrogen and oxygen atoms in total. The molecule has 1 unspecified atom stereocenters. The van der Waals surface area contributed by atoms with E-state index in [-0.39, 0.29) is 11.8 Å². The number of benzene rings is 1. The highest BCUT2D eigenvalue weighted by atomic mass is 16.5. The molecule has 0 aromatic heterocycles. The molecular formula is C15H22N2O2. The summed E-state index contributed by atoms with van der Waals surface area (Å²) in [5.74, 6) is 1.10. The van der Waals surface area contributed by atoms with Gasteiger partial charge in [0.15, 0.2) is 0 Å². The number of piperidine rings is 1. The zero-order valence-corrected chi connectivity index (χ0v) is 11.4. The predicted octanol–water partition coefficient (Wildman–Crippen LogP) is 1.49. The molecule has 1 saturated heterocycles. The average molecular weight is 262 g/mol. The highest BCUT2D eigenvalue weighted by molar-refractivity contribution is 5.78. The van der Waals surface area contributed by atoms with Crippen LogP contribution in [-0.4, -0.2) is 32.1 Å². The van der Waals surface area contributed by atoms with Gasteiger partial charge in [-0.05, 0) is 38.4 Å². The molecule has 0 aliphatic carbocycles. The maximum absolute atomic E-state index is 11.8. The van der Waals surface area contributed by atoms with Gasteiger partial charge in [-0.3, -0.25) is 4.79 Å². The molecule has 4 heteroatoms. The number of ether oxygens (including phenoxy) is 1. The average Bonchev–Trinajstić information content (AvgIpc) is 2.46. The number of hydrogen-bond acceptors (Lipinski definition) is 3. The zero-order valence-electron chi connectivity index (χ0n) is 11.4. The fourth-order valence-corrected chi connectivity index (χ4v) is 2.20. The molecule has 1 fully saturated rings. The van der Waals surface area contributed by atoms with Crippen LogP contribution in [0.25, 0.3) is 0 Å². The molecular weight excluding hydrogens is 240 g/mol.